The molecule has 2 amide bonds. The van der Waals surface area contributed by atoms with Crippen LogP contribution in [0.1, 0.15) is 18.4 Å². The van der Waals surface area contributed by atoms with E-state index in [-0.39, 0.29) is 0 Å². The third kappa shape index (κ3) is 4.21. The van der Waals surface area contributed by atoms with Crippen molar-refractivity contribution >= 4 is 29.1 Å². The summed E-state index contributed by atoms with van der Waals surface area (Å²) in [6, 6.07) is 5.13. The Morgan fingerprint density at radius 2 is 2.23 bits per heavy atom. The predicted molar refractivity (Wildman–Crippen MR) is 86.0 cm³/mol. The van der Waals surface area contributed by atoms with E-state index in [9.17, 15) is 9.59 Å². The highest BCUT2D eigenvalue weighted by Gasteiger charge is 2.28. The van der Waals surface area contributed by atoms with Crippen molar-refractivity contribution in [3.05, 3.63) is 28.8 Å². The zero-order valence-corrected chi connectivity index (χ0v) is 13.7. The Balaban J connectivity index is 1.98. The molecule has 22 heavy (non-hydrogen) atoms. The molecule has 0 radical (unpaired) electrons. The van der Waals surface area contributed by atoms with Gasteiger partial charge in [0.25, 0.3) is 0 Å². The van der Waals surface area contributed by atoms with Crippen LogP contribution in [0.5, 0.6) is 0 Å². The second kappa shape index (κ2) is 7.61. The minimum Gasteiger partial charge on any atom is -0.384 e. The molecule has 1 N–H and O–H groups in total. The first-order valence-electron chi connectivity index (χ1n) is 7.36. The number of methoxy groups -OCH3 is 1. The standard InChI is InChI=1S/C16H21ClN2O3/c1-11-8-13(17)5-6-14(11)18-15(20)16(21)19-7-3-4-12(9-19)10-22-2/h5-6,8,12H,3-4,7,9-10H2,1-2H3,(H,18,20)/t12-/m1/s1. The summed E-state index contributed by atoms with van der Waals surface area (Å²) in [5.41, 5.74) is 1.43. The molecule has 0 saturated carbocycles. The first-order chi connectivity index (χ1) is 10.5. The fourth-order valence-electron chi connectivity index (χ4n) is 2.71. The SMILES string of the molecule is COC[C@@H]1CCCN(C(=O)C(=O)Nc2ccc(Cl)cc2C)C1. The Labute approximate surface area is 135 Å². The molecular formula is C16H21ClN2O3. The first-order valence-corrected chi connectivity index (χ1v) is 7.74. The van der Waals surface area contributed by atoms with Crippen LogP contribution in [-0.4, -0.2) is 43.5 Å². The molecule has 1 saturated heterocycles. The van der Waals surface area contributed by atoms with Crippen LogP contribution in [0.2, 0.25) is 5.02 Å². The van der Waals surface area contributed by atoms with Crippen molar-refractivity contribution in [1.82, 2.24) is 4.90 Å². The molecule has 1 aliphatic heterocycles. The van der Waals surface area contributed by atoms with E-state index in [2.05, 4.69) is 5.32 Å². The fraction of sp³-hybridized carbons (Fsp3) is 0.500. The van der Waals surface area contributed by atoms with Crippen molar-refractivity contribution < 1.29 is 14.3 Å². The number of hydrogen-bond donors (Lipinski definition) is 1. The molecule has 1 aromatic rings. The average Bonchev–Trinajstić information content (AvgIpc) is 2.50. The van der Waals surface area contributed by atoms with Gasteiger partial charge in [-0.2, -0.15) is 0 Å². The van der Waals surface area contributed by atoms with Gasteiger partial charge >= 0.3 is 11.8 Å². The third-order valence-electron chi connectivity index (χ3n) is 3.84. The summed E-state index contributed by atoms with van der Waals surface area (Å²) in [5.74, 6) is -0.800. The van der Waals surface area contributed by atoms with Gasteiger partial charge in [0, 0.05) is 30.9 Å². The van der Waals surface area contributed by atoms with E-state index in [0.717, 1.165) is 18.4 Å². The minimum absolute atomic E-state index is 0.299. The molecule has 0 unspecified atom stereocenters. The molecule has 0 bridgehead atoms. The Morgan fingerprint density at radius 3 is 2.91 bits per heavy atom. The number of benzene rings is 1. The van der Waals surface area contributed by atoms with Crippen molar-refractivity contribution in [2.24, 2.45) is 5.92 Å². The van der Waals surface area contributed by atoms with Crippen LogP contribution in [0.3, 0.4) is 0 Å². The number of carbonyl (C=O) groups is 2. The molecular weight excluding hydrogens is 304 g/mol. The maximum absolute atomic E-state index is 12.3. The number of anilines is 1. The van der Waals surface area contributed by atoms with Crippen LogP contribution in [0.25, 0.3) is 0 Å². The Morgan fingerprint density at radius 1 is 1.45 bits per heavy atom. The second-order valence-corrected chi connectivity index (χ2v) is 6.06. The lowest BCUT2D eigenvalue weighted by molar-refractivity contribution is -0.144. The van der Waals surface area contributed by atoms with Crippen molar-refractivity contribution in [2.45, 2.75) is 19.8 Å². The minimum atomic E-state index is -0.608. The smallest absolute Gasteiger partial charge is 0.313 e. The van der Waals surface area contributed by atoms with Gasteiger partial charge in [0.15, 0.2) is 0 Å². The molecule has 0 aromatic heterocycles. The lowest BCUT2D eigenvalue weighted by atomic mass is 9.99. The summed E-state index contributed by atoms with van der Waals surface area (Å²) in [7, 11) is 1.65. The first kappa shape index (κ1) is 16.8. The van der Waals surface area contributed by atoms with Crippen LogP contribution < -0.4 is 5.32 Å². The highest BCUT2D eigenvalue weighted by Crippen LogP contribution is 2.20. The number of piperidine rings is 1. The monoisotopic (exact) mass is 324 g/mol. The van der Waals surface area contributed by atoms with E-state index in [1.807, 2.05) is 6.92 Å². The number of halogens is 1. The topological polar surface area (TPSA) is 58.6 Å². The number of hydrogen-bond acceptors (Lipinski definition) is 3. The summed E-state index contributed by atoms with van der Waals surface area (Å²) in [4.78, 5) is 26.0. The number of carbonyl (C=O) groups excluding carboxylic acids is 2. The zero-order chi connectivity index (χ0) is 16.1. The molecule has 2 rings (SSSR count). The third-order valence-corrected chi connectivity index (χ3v) is 4.07. The fourth-order valence-corrected chi connectivity index (χ4v) is 2.93. The van der Waals surface area contributed by atoms with Gasteiger partial charge in [-0.05, 0) is 49.4 Å². The lowest BCUT2D eigenvalue weighted by Gasteiger charge is -2.31. The summed E-state index contributed by atoms with van der Waals surface area (Å²) in [6.45, 7) is 3.63. The molecule has 1 aliphatic rings. The van der Waals surface area contributed by atoms with Crippen LogP contribution in [0.4, 0.5) is 5.69 Å². The Bertz CT molecular complexity index is 560. The molecule has 0 aliphatic carbocycles. The molecule has 120 valence electrons. The molecule has 1 aromatic carbocycles. The van der Waals surface area contributed by atoms with Gasteiger partial charge in [-0.3, -0.25) is 9.59 Å². The van der Waals surface area contributed by atoms with Gasteiger partial charge in [-0.25, -0.2) is 0 Å². The number of amides is 2. The largest absolute Gasteiger partial charge is 0.384 e. The van der Waals surface area contributed by atoms with Crippen molar-refractivity contribution in [2.75, 3.05) is 32.1 Å². The quantitative estimate of drug-likeness (QED) is 0.869. The summed E-state index contributed by atoms with van der Waals surface area (Å²) in [6.07, 6.45) is 1.92. The number of nitrogens with one attached hydrogen (secondary N) is 1. The van der Waals surface area contributed by atoms with Gasteiger partial charge in [0.2, 0.25) is 0 Å². The van der Waals surface area contributed by atoms with E-state index in [4.69, 9.17) is 16.3 Å². The van der Waals surface area contributed by atoms with Crippen molar-refractivity contribution in [3.63, 3.8) is 0 Å². The normalized spacial score (nSPS) is 18.1. The van der Waals surface area contributed by atoms with Crippen LogP contribution in [0.15, 0.2) is 18.2 Å². The average molecular weight is 325 g/mol. The van der Waals surface area contributed by atoms with Crippen molar-refractivity contribution in [1.29, 1.82) is 0 Å². The maximum atomic E-state index is 12.3. The van der Waals surface area contributed by atoms with E-state index in [1.54, 1.807) is 30.2 Å². The molecule has 5 nitrogen and oxygen atoms in total. The summed E-state index contributed by atoms with van der Waals surface area (Å²) < 4.78 is 5.14. The number of ether oxygens (including phenoxy) is 1. The van der Waals surface area contributed by atoms with Gasteiger partial charge in [-0.1, -0.05) is 11.6 Å². The summed E-state index contributed by atoms with van der Waals surface area (Å²) >= 11 is 5.88. The maximum Gasteiger partial charge on any atom is 0.313 e. The van der Waals surface area contributed by atoms with Crippen LogP contribution in [-0.2, 0) is 14.3 Å². The van der Waals surface area contributed by atoms with Crippen LogP contribution >= 0.6 is 11.6 Å². The number of aryl methyl sites for hydroxylation is 1. The number of likely N-dealkylation sites (tertiary alicyclic amines) is 1. The van der Waals surface area contributed by atoms with Gasteiger partial charge in [-0.15, -0.1) is 0 Å². The number of nitrogens with zero attached hydrogens (tertiary/aromatic N) is 1. The van der Waals surface area contributed by atoms with Gasteiger partial charge < -0.3 is 15.0 Å². The highest BCUT2D eigenvalue weighted by molar-refractivity contribution is 6.39. The lowest BCUT2D eigenvalue weighted by Crippen LogP contribution is -2.46. The number of rotatable bonds is 3. The van der Waals surface area contributed by atoms with E-state index < -0.39 is 11.8 Å². The molecule has 0 spiro atoms. The molecule has 1 heterocycles. The highest BCUT2D eigenvalue weighted by atomic mass is 35.5. The van der Waals surface area contributed by atoms with Gasteiger partial charge in [0.05, 0.1) is 6.61 Å². The molecule has 1 fully saturated rings. The Kier molecular flexibility index (Phi) is 5.80. The molecule has 1 atom stereocenters. The molecule has 6 heteroatoms. The van der Waals surface area contributed by atoms with Gasteiger partial charge in [0.1, 0.15) is 0 Å². The van der Waals surface area contributed by atoms with E-state index in [1.165, 1.54) is 0 Å². The zero-order valence-electron chi connectivity index (χ0n) is 12.9. The second-order valence-electron chi connectivity index (χ2n) is 5.63. The summed E-state index contributed by atoms with van der Waals surface area (Å²) in [5, 5.41) is 3.26. The predicted octanol–water partition coefficient (Wildman–Crippen LogP) is 2.47. The van der Waals surface area contributed by atoms with Crippen molar-refractivity contribution in [3.8, 4) is 0 Å². The Hall–Kier alpha value is -1.59. The van der Waals surface area contributed by atoms with E-state index in [0.29, 0.717) is 36.3 Å². The van der Waals surface area contributed by atoms with E-state index >= 15 is 0 Å². The van der Waals surface area contributed by atoms with Crippen LogP contribution in [0, 0.1) is 12.8 Å².